The van der Waals surface area contributed by atoms with Crippen LogP contribution in [0, 0.1) is 5.92 Å². The Morgan fingerprint density at radius 2 is 2.11 bits per heavy atom. The summed E-state index contributed by atoms with van der Waals surface area (Å²) < 4.78 is 5.68. The van der Waals surface area contributed by atoms with Crippen LogP contribution in [0.15, 0.2) is 28.7 Å². The largest absolute Gasteiger partial charge is 0.467 e. The summed E-state index contributed by atoms with van der Waals surface area (Å²) in [6, 6.07) is 7.01. The Balaban J connectivity index is 2.07. The summed E-state index contributed by atoms with van der Waals surface area (Å²) in [5, 5.41) is 2.77. The summed E-state index contributed by atoms with van der Waals surface area (Å²) in [4.78, 5) is 23.5. The maximum atomic E-state index is 11.8. The molecule has 0 unspecified atom stereocenters. The highest BCUT2D eigenvalue weighted by atomic mass is 79.9. The summed E-state index contributed by atoms with van der Waals surface area (Å²) in [5.74, 6) is -0.390. The number of hydrogen-bond donors (Lipinski definition) is 1. The van der Waals surface area contributed by atoms with E-state index in [1.165, 1.54) is 7.11 Å². The molecule has 1 amide bonds. The molecule has 1 fully saturated rings. The van der Waals surface area contributed by atoms with Gasteiger partial charge in [0.05, 0.1) is 7.11 Å². The number of carbonyl (C=O) groups excluding carboxylic acids is 2. The molecule has 19 heavy (non-hydrogen) atoms. The first-order valence-electron chi connectivity index (χ1n) is 6.23. The fraction of sp³-hybridized carbons (Fsp3) is 0.429. The van der Waals surface area contributed by atoms with Crippen molar-refractivity contribution >= 4 is 27.8 Å². The number of methoxy groups -OCH3 is 1. The normalized spacial score (nSPS) is 15.7. The molecule has 0 radical (unpaired) electrons. The van der Waals surface area contributed by atoms with Crippen LogP contribution in [0.1, 0.15) is 18.4 Å². The Hall–Kier alpha value is -1.36. The number of halogens is 1. The standard InChI is InChI=1S/C14H16BrNO3/c1-19-14(18)12(16-13(17)9-6-7-9)8-10-4-2-3-5-11(10)15/h2-5,9,12H,6-8H2,1H3,(H,16,17)/t12-/m1/s1. The van der Waals surface area contributed by atoms with E-state index in [0.717, 1.165) is 22.9 Å². The average molecular weight is 326 g/mol. The minimum atomic E-state index is -0.628. The number of hydrogen-bond acceptors (Lipinski definition) is 3. The van der Waals surface area contributed by atoms with Gasteiger partial charge < -0.3 is 10.1 Å². The molecule has 0 spiro atoms. The number of carbonyl (C=O) groups is 2. The zero-order valence-corrected chi connectivity index (χ0v) is 12.3. The number of benzene rings is 1. The monoisotopic (exact) mass is 325 g/mol. The smallest absolute Gasteiger partial charge is 0.328 e. The van der Waals surface area contributed by atoms with Crippen LogP contribution in [0.2, 0.25) is 0 Å². The molecule has 1 atom stereocenters. The molecule has 1 saturated carbocycles. The van der Waals surface area contributed by atoms with E-state index in [1.54, 1.807) is 0 Å². The van der Waals surface area contributed by atoms with Crippen molar-refractivity contribution in [2.45, 2.75) is 25.3 Å². The quantitative estimate of drug-likeness (QED) is 0.843. The highest BCUT2D eigenvalue weighted by Crippen LogP contribution is 2.29. The van der Waals surface area contributed by atoms with Crippen molar-refractivity contribution in [3.05, 3.63) is 34.3 Å². The maximum Gasteiger partial charge on any atom is 0.328 e. The Morgan fingerprint density at radius 3 is 2.68 bits per heavy atom. The predicted molar refractivity (Wildman–Crippen MR) is 74.5 cm³/mol. The van der Waals surface area contributed by atoms with E-state index in [1.807, 2.05) is 24.3 Å². The van der Waals surface area contributed by atoms with Crippen LogP contribution >= 0.6 is 15.9 Å². The van der Waals surface area contributed by atoms with E-state index < -0.39 is 12.0 Å². The number of rotatable bonds is 5. The van der Waals surface area contributed by atoms with Gasteiger partial charge in [-0.1, -0.05) is 34.1 Å². The summed E-state index contributed by atoms with van der Waals surface area (Å²) in [7, 11) is 1.33. The van der Waals surface area contributed by atoms with Gasteiger partial charge in [0.1, 0.15) is 6.04 Å². The van der Waals surface area contributed by atoms with E-state index in [0.29, 0.717) is 6.42 Å². The van der Waals surface area contributed by atoms with Crippen molar-refractivity contribution in [1.82, 2.24) is 5.32 Å². The van der Waals surface area contributed by atoms with Gasteiger partial charge in [-0.3, -0.25) is 4.79 Å². The van der Waals surface area contributed by atoms with Crippen molar-refractivity contribution < 1.29 is 14.3 Å². The van der Waals surface area contributed by atoms with E-state index in [9.17, 15) is 9.59 Å². The van der Waals surface area contributed by atoms with Gasteiger partial charge in [-0.05, 0) is 24.5 Å². The lowest BCUT2D eigenvalue weighted by molar-refractivity contribution is -0.145. The molecule has 0 bridgehead atoms. The third-order valence-electron chi connectivity index (χ3n) is 3.13. The maximum absolute atomic E-state index is 11.8. The lowest BCUT2D eigenvalue weighted by atomic mass is 10.1. The molecule has 4 nitrogen and oxygen atoms in total. The van der Waals surface area contributed by atoms with Crippen molar-refractivity contribution in [1.29, 1.82) is 0 Å². The summed E-state index contributed by atoms with van der Waals surface area (Å²) in [5.41, 5.74) is 0.967. The molecule has 0 saturated heterocycles. The van der Waals surface area contributed by atoms with Crippen molar-refractivity contribution in [2.75, 3.05) is 7.11 Å². The molecule has 2 rings (SSSR count). The zero-order chi connectivity index (χ0) is 13.8. The van der Waals surface area contributed by atoms with E-state index in [2.05, 4.69) is 21.2 Å². The third kappa shape index (κ3) is 3.80. The van der Waals surface area contributed by atoms with Crippen LogP contribution < -0.4 is 5.32 Å². The van der Waals surface area contributed by atoms with Gasteiger partial charge in [0, 0.05) is 16.8 Å². The van der Waals surface area contributed by atoms with Crippen LogP contribution in [0.25, 0.3) is 0 Å². The minimum absolute atomic E-state index is 0.0533. The molecule has 102 valence electrons. The van der Waals surface area contributed by atoms with Crippen LogP contribution in [0.3, 0.4) is 0 Å². The average Bonchev–Trinajstić information content (AvgIpc) is 3.23. The number of nitrogens with one attached hydrogen (secondary N) is 1. The van der Waals surface area contributed by atoms with Gasteiger partial charge in [-0.15, -0.1) is 0 Å². The molecule has 1 aliphatic rings. The Kier molecular flexibility index (Phi) is 4.58. The van der Waals surface area contributed by atoms with Gasteiger partial charge >= 0.3 is 5.97 Å². The van der Waals surface area contributed by atoms with Crippen molar-refractivity contribution in [3.63, 3.8) is 0 Å². The second-order valence-electron chi connectivity index (χ2n) is 4.65. The second kappa shape index (κ2) is 6.19. The van der Waals surface area contributed by atoms with Gasteiger partial charge in [0.15, 0.2) is 0 Å². The Labute approximate surface area is 120 Å². The molecule has 0 aromatic heterocycles. The molecule has 0 heterocycles. The van der Waals surface area contributed by atoms with Crippen LogP contribution in [0.5, 0.6) is 0 Å². The lowest BCUT2D eigenvalue weighted by Gasteiger charge is -2.17. The van der Waals surface area contributed by atoms with E-state index in [-0.39, 0.29) is 11.8 Å². The predicted octanol–water partition coefficient (Wildman–Crippen LogP) is 2.06. The van der Waals surface area contributed by atoms with Crippen LogP contribution in [-0.4, -0.2) is 25.0 Å². The molecule has 5 heteroatoms. The fourth-order valence-corrected chi connectivity index (χ4v) is 2.30. The molecular formula is C14H16BrNO3. The number of esters is 1. The van der Waals surface area contributed by atoms with Gasteiger partial charge in [0.2, 0.25) is 5.91 Å². The van der Waals surface area contributed by atoms with Gasteiger partial charge in [-0.25, -0.2) is 4.79 Å². The first-order valence-corrected chi connectivity index (χ1v) is 7.02. The highest BCUT2D eigenvalue weighted by molar-refractivity contribution is 9.10. The van der Waals surface area contributed by atoms with Crippen LogP contribution in [0.4, 0.5) is 0 Å². The first-order chi connectivity index (χ1) is 9.11. The van der Waals surface area contributed by atoms with Crippen molar-refractivity contribution in [3.8, 4) is 0 Å². The third-order valence-corrected chi connectivity index (χ3v) is 3.91. The van der Waals surface area contributed by atoms with Gasteiger partial charge in [-0.2, -0.15) is 0 Å². The molecular weight excluding hydrogens is 310 g/mol. The molecule has 1 aromatic rings. The molecule has 0 aliphatic heterocycles. The van der Waals surface area contributed by atoms with E-state index in [4.69, 9.17) is 4.74 Å². The molecule has 1 aliphatic carbocycles. The summed E-state index contributed by atoms with van der Waals surface area (Å²) >= 11 is 3.44. The highest BCUT2D eigenvalue weighted by Gasteiger charge is 2.33. The topological polar surface area (TPSA) is 55.4 Å². The number of ether oxygens (including phenoxy) is 1. The van der Waals surface area contributed by atoms with Gasteiger partial charge in [0.25, 0.3) is 0 Å². The zero-order valence-electron chi connectivity index (χ0n) is 10.7. The Bertz CT molecular complexity index is 485. The van der Waals surface area contributed by atoms with Crippen molar-refractivity contribution in [2.24, 2.45) is 5.92 Å². The lowest BCUT2D eigenvalue weighted by Crippen LogP contribution is -2.43. The van der Waals surface area contributed by atoms with E-state index >= 15 is 0 Å². The summed E-state index contributed by atoms with van der Waals surface area (Å²) in [6.07, 6.45) is 2.25. The minimum Gasteiger partial charge on any atom is -0.467 e. The second-order valence-corrected chi connectivity index (χ2v) is 5.51. The first kappa shape index (κ1) is 14.1. The van der Waals surface area contributed by atoms with Crippen LogP contribution in [-0.2, 0) is 20.7 Å². The number of amides is 1. The molecule has 1 aromatic carbocycles. The summed E-state index contributed by atoms with van der Waals surface area (Å²) in [6.45, 7) is 0. The SMILES string of the molecule is COC(=O)[C@@H](Cc1ccccc1Br)NC(=O)C1CC1. The molecule has 1 N–H and O–H groups in total. The fourth-order valence-electron chi connectivity index (χ4n) is 1.85. The Morgan fingerprint density at radius 1 is 1.42 bits per heavy atom.